The highest BCUT2D eigenvalue weighted by atomic mass is 16.5. The molecule has 0 aliphatic rings. The Balaban J connectivity index is 1.76. The third-order valence-electron chi connectivity index (χ3n) is 5.00. The SMILES string of the molecule is COCCCNCc1cnc(C)c2oc(-c3cc(=O)oc4cc(C)ccc34)cc12. The zero-order chi connectivity index (χ0) is 20.4. The molecule has 0 amide bonds. The maximum atomic E-state index is 12.1. The maximum Gasteiger partial charge on any atom is 0.336 e. The van der Waals surface area contributed by atoms with Crippen LogP contribution in [0.1, 0.15) is 23.2 Å². The Bertz CT molecular complexity index is 1220. The Morgan fingerprint density at radius 3 is 2.79 bits per heavy atom. The van der Waals surface area contributed by atoms with Crippen LogP contribution in [0, 0.1) is 13.8 Å². The van der Waals surface area contributed by atoms with Crippen LogP contribution in [0.3, 0.4) is 0 Å². The minimum Gasteiger partial charge on any atom is -0.454 e. The van der Waals surface area contributed by atoms with E-state index in [2.05, 4.69) is 10.3 Å². The summed E-state index contributed by atoms with van der Waals surface area (Å²) in [5.74, 6) is 0.637. The van der Waals surface area contributed by atoms with Crippen LogP contribution in [0.4, 0.5) is 0 Å². The van der Waals surface area contributed by atoms with Gasteiger partial charge in [-0.05, 0) is 50.1 Å². The summed E-state index contributed by atoms with van der Waals surface area (Å²) >= 11 is 0. The number of nitrogens with zero attached hydrogens (tertiary/aromatic N) is 1. The number of hydrogen-bond donors (Lipinski definition) is 1. The summed E-state index contributed by atoms with van der Waals surface area (Å²) in [5, 5.41) is 5.26. The van der Waals surface area contributed by atoms with Gasteiger partial charge < -0.3 is 18.9 Å². The van der Waals surface area contributed by atoms with E-state index in [1.807, 2.05) is 44.3 Å². The second-order valence-electron chi connectivity index (χ2n) is 7.22. The zero-order valence-corrected chi connectivity index (χ0v) is 16.9. The number of hydrogen-bond acceptors (Lipinski definition) is 6. The lowest BCUT2D eigenvalue weighted by Gasteiger charge is -2.06. The second-order valence-corrected chi connectivity index (χ2v) is 7.22. The summed E-state index contributed by atoms with van der Waals surface area (Å²) < 4.78 is 16.6. The summed E-state index contributed by atoms with van der Waals surface area (Å²) in [6, 6.07) is 9.30. The molecule has 29 heavy (non-hydrogen) atoms. The van der Waals surface area contributed by atoms with Crippen molar-refractivity contribution in [3.05, 3.63) is 63.8 Å². The molecule has 150 valence electrons. The van der Waals surface area contributed by atoms with E-state index in [0.717, 1.165) is 58.3 Å². The fourth-order valence-corrected chi connectivity index (χ4v) is 3.51. The fourth-order valence-electron chi connectivity index (χ4n) is 3.51. The second kappa shape index (κ2) is 8.19. The van der Waals surface area contributed by atoms with E-state index in [9.17, 15) is 4.79 Å². The van der Waals surface area contributed by atoms with Crippen LogP contribution in [0.5, 0.6) is 0 Å². The van der Waals surface area contributed by atoms with Gasteiger partial charge in [0.05, 0.1) is 5.69 Å². The van der Waals surface area contributed by atoms with Gasteiger partial charge in [0.25, 0.3) is 0 Å². The van der Waals surface area contributed by atoms with Crippen LogP contribution in [0.2, 0.25) is 0 Å². The molecule has 4 aromatic rings. The first-order valence-corrected chi connectivity index (χ1v) is 9.69. The van der Waals surface area contributed by atoms with Crippen LogP contribution in [0.25, 0.3) is 33.3 Å². The van der Waals surface area contributed by atoms with Crippen molar-refractivity contribution in [3.8, 4) is 11.3 Å². The molecule has 1 aromatic carbocycles. The summed E-state index contributed by atoms with van der Waals surface area (Å²) in [5.41, 5.74) is 4.54. The Morgan fingerprint density at radius 1 is 1.10 bits per heavy atom. The van der Waals surface area contributed by atoms with Gasteiger partial charge in [-0.2, -0.15) is 0 Å². The Labute approximate surface area is 168 Å². The minimum absolute atomic E-state index is 0.395. The normalized spacial score (nSPS) is 11.6. The van der Waals surface area contributed by atoms with Crippen molar-refractivity contribution < 1.29 is 13.6 Å². The molecule has 4 rings (SSSR count). The van der Waals surface area contributed by atoms with Gasteiger partial charge in [0.2, 0.25) is 0 Å². The smallest absolute Gasteiger partial charge is 0.336 e. The topological polar surface area (TPSA) is 77.5 Å². The Kier molecular flexibility index (Phi) is 5.47. The largest absolute Gasteiger partial charge is 0.454 e. The van der Waals surface area contributed by atoms with Gasteiger partial charge in [-0.15, -0.1) is 0 Å². The van der Waals surface area contributed by atoms with Gasteiger partial charge in [-0.3, -0.25) is 4.98 Å². The predicted molar refractivity (Wildman–Crippen MR) is 113 cm³/mol. The van der Waals surface area contributed by atoms with Crippen LogP contribution >= 0.6 is 0 Å². The minimum atomic E-state index is -0.395. The van der Waals surface area contributed by atoms with Gasteiger partial charge in [0.15, 0.2) is 5.58 Å². The fraction of sp³-hybridized carbons (Fsp3) is 0.304. The van der Waals surface area contributed by atoms with Crippen LogP contribution in [0.15, 0.2) is 50.2 Å². The molecule has 0 aliphatic heterocycles. The first-order chi connectivity index (χ1) is 14.1. The maximum absolute atomic E-state index is 12.1. The summed E-state index contributed by atoms with van der Waals surface area (Å²) in [6.45, 7) is 6.16. The van der Waals surface area contributed by atoms with E-state index in [-0.39, 0.29) is 0 Å². The molecule has 3 heterocycles. The summed E-state index contributed by atoms with van der Waals surface area (Å²) in [6.07, 6.45) is 2.82. The predicted octanol–water partition coefficient (Wildman–Crippen LogP) is 4.34. The Hall–Kier alpha value is -2.96. The quantitative estimate of drug-likeness (QED) is 0.372. The molecule has 0 radical (unpaired) electrons. The molecular weight excluding hydrogens is 368 g/mol. The van der Waals surface area contributed by atoms with Crippen LogP contribution < -0.4 is 10.9 Å². The van der Waals surface area contributed by atoms with Crippen LogP contribution in [-0.4, -0.2) is 25.2 Å². The van der Waals surface area contributed by atoms with Crippen molar-refractivity contribution in [2.45, 2.75) is 26.8 Å². The summed E-state index contributed by atoms with van der Waals surface area (Å²) in [7, 11) is 1.70. The molecule has 6 heteroatoms. The molecule has 6 nitrogen and oxygen atoms in total. The number of methoxy groups -OCH3 is 1. The van der Waals surface area contributed by atoms with Gasteiger partial charge >= 0.3 is 5.63 Å². The molecule has 0 bridgehead atoms. The number of furan rings is 1. The third kappa shape index (κ3) is 3.95. The standard InChI is InChI=1S/C23H24N2O4/c1-14-5-6-17-19(11-22(26)28-20(17)9-14)21-10-18-16(12-24-7-4-8-27-3)13-25-15(2)23(18)29-21/h5-6,9-11,13,24H,4,7-8,12H2,1-3H3. The number of ether oxygens (including phenoxy) is 1. The van der Waals surface area contributed by atoms with Gasteiger partial charge in [-0.25, -0.2) is 4.79 Å². The van der Waals surface area contributed by atoms with E-state index < -0.39 is 5.63 Å². The van der Waals surface area contributed by atoms with E-state index in [0.29, 0.717) is 17.9 Å². The molecule has 0 aliphatic carbocycles. The van der Waals surface area contributed by atoms with Crippen molar-refractivity contribution in [3.63, 3.8) is 0 Å². The van der Waals surface area contributed by atoms with Crippen molar-refractivity contribution >= 4 is 21.9 Å². The number of pyridine rings is 1. The molecule has 0 spiro atoms. The highest BCUT2D eigenvalue weighted by Gasteiger charge is 2.16. The average Bonchev–Trinajstić information content (AvgIpc) is 3.15. The van der Waals surface area contributed by atoms with Gasteiger partial charge in [-0.1, -0.05) is 12.1 Å². The van der Waals surface area contributed by atoms with Gasteiger partial charge in [0.1, 0.15) is 11.3 Å². The molecule has 0 fully saturated rings. The number of nitrogens with one attached hydrogen (secondary N) is 1. The Morgan fingerprint density at radius 2 is 1.97 bits per heavy atom. The first kappa shape index (κ1) is 19.4. The van der Waals surface area contributed by atoms with Gasteiger partial charge in [0, 0.05) is 48.9 Å². The highest BCUT2D eigenvalue weighted by Crippen LogP contribution is 2.34. The molecule has 1 N–H and O–H groups in total. The lowest BCUT2D eigenvalue weighted by atomic mass is 10.1. The van der Waals surface area contributed by atoms with Crippen molar-refractivity contribution in [1.82, 2.24) is 10.3 Å². The lowest BCUT2D eigenvalue weighted by molar-refractivity contribution is 0.194. The molecule has 0 atom stereocenters. The average molecular weight is 392 g/mol. The molecular formula is C23H24N2O4. The number of aryl methyl sites for hydroxylation is 2. The number of benzene rings is 1. The van der Waals surface area contributed by atoms with E-state index in [4.69, 9.17) is 13.6 Å². The van der Waals surface area contributed by atoms with Crippen LogP contribution in [-0.2, 0) is 11.3 Å². The monoisotopic (exact) mass is 392 g/mol. The van der Waals surface area contributed by atoms with E-state index in [1.54, 1.807) is 7.11 Å². The van der Waals surface area contributed by atoms with E-state index in [1.165, 1.54) is 6.07 Å². The zero-order valence-electron chi connectivity index (χ0n) is 16.9. The van der Waals surface area contributed by atoms with Crippen molar-refractivity contribution in [2.75, 3.05) is 20.3 Å². The molecule has 3 aromatic heterocycles. The molecule has 0 saturated carbocycles. The number of aromatic nitrogens is 1. The first-order valence-electron chi connectivity index (χ1n) is 9.69. The third-order valence-corrected chi connectivity index (χ3v) is 5.00. The molecule has 0 unspecified atom stereocenters. The van der Waals surface area contributed by atoms with Crippen molar-refractivity contribution in [2.24, 2.45) is 0 Å². The van der Waals surface area contributed by atoms with E-state index >= 15 is 0 Å². The van der Waals surface area contributed by atoms with Crippen molar-refractivity contribution in [1.29, 1.82) is 0 Å². The molecule has 0 saturated heterocycles. The number of fused-ring (bicyclic) bond motifs is 2. The summed E-state index contributed by atoms with van der Waals surface area (Å²) in [4.78, 5) is 16.6. The lowest BCUT2D eigenvalue weighted by Crippen LogP contribution is -2.16. The number of rotatable bonds is 7. The highest BCUT2D eigenvalue weighted by molar-refractivity contribution is 5.95.